The van der Waals surface area contributed by atoms with E-state index in [1.807, 2.05) is 16.8 Å². The number of anilines is 1. The van der Waals surface area contributed by atoms with Gasteiger partial charge in [0.1, 0.15) is 5.82 Å². The largest absolute Gasteiger partial charge is 0.311 e. The van der Waals surface area contributed by atoms with Crippen LogP contribution in [-0.2, 0) is 11.2 Å². The van der Waals surface area contributed by atoms with Gasteiger partial charge in [-0.2, -0.15) is 5.10 Å². The van der Waals surface area contributed by atoms with Crippen molar-refractivity contribution in [3.63, 3.8) is 0 Å². The molecule has 1 amide bonds. The minimum absolute atomic E-state index is 0.0851. The van der Waals surface area contributed by atoms with E-state index in [-0.39, 0.29) is 12.3 Å². The number of carbonyl (C=O) groups excluding carboxylic acids is 1. The Hall–Kier alpha value is -1.52. The van der Waals surface area contributed by atoms with Crippen molar-refractivity contribution in [3.8, 4) is 0 Å². The van der Waals surface area contributed by atoms with Crippen molar-refractivity contribution in [1.82, 2.24) is 9.78 Å². The molecule has 0 unspecified atom stereocenters. The van der Waals surface area contributed by atoms with E-state index in [0.717, 1.165) is 24.2 Å². The number of hydrogen-bond acceptors (Lipinski definition) is 2. The fourth-order valence-electron chi connectivity index (χ4n) is 2.88. The Morgan fingerprint density at radius 1 is 1.23 bits per heavy atom. The topological polar surface area (TPSA) is 46.9 Å². The third kappa shape index (κ3) is 3.45. The summed E-state index contributed by atoms with van der Waals surface area (Å²) in [6.45, 7) is 0. The Bertz CT molecular complexity index is 678. The van der Waals surface area contributed by atoms with Gasteiger partial charge in [-0.05, 0) is 30.5 Å². The SMILES string of the molecule is O=C(Cc1ccc(Cl)c(Cl)c1)Nc1ccnn1C1CCCC1. The van der Waals surface area contributed by atoms with Crippen LogP contribution in [0.15, 0.2) is 30.5 Å². The second kappa shape index (κ2) is 6.71. The molecule has 0 saturated heterocycles. The van der Waals surface area contributed by atoms with Gasteiger partial charge in [0.25, 0.3) is 0 Å². The summed E-state index contributed by atoms with van der Waals surface area (Å²) in [5.41, 5.74) is 0.832. The Morgan fingerprint density at radius 2 is 2.00 bits per heavy atom. The first-order valence-corrected chi connectivity index (χ1v) is 8.16. The number of amides is 1. The van der Waals surface area contributed by atoms with Gasteiger partial charge in [0.2, 0.25) is 5.91 Å². The van der Waals surface area contributed by atoms with Gasteiger partial charge in [-0.25, -0.2) is 4.68 Å². The lowest BCUT2D eigenvalue weighted by Crippen LogP contribution is -2.19. The van der Waals surface area contributed by atoms with E-state index in [0.29, 0.717) is 16.1 Å². The van der Waals surface area contributed by atoms with Crippen molar-refractivity contribution in [3.05, 3.63) is 46.1 Å². The lowest BCUT2D eigenvalue weighted by molar-refractivity contribution is -0.115. The van der Waals surface area contributed by atoms with Crippen molar-refractivity contribution in [2.75, 3.05) is 5.32 Å². The minimum Gasteiger partial charge on any atom is -0.311 e. The standard InChI is InChI=1S/C16H17Cl2N3O/c17-13-6-5-11(9-14(13)18)10-16(22)20-15-7-8-19-21(15)12-3-1-2-4-12/h5-9,12H,1-4,10H2,(H,20,22). The molecule has 4 nitrogen and oxygen atoms in total. The molecule has 1 aliphatic carbocycles. The molecular weight excluding hydrogens is 321 g/mol. The molecule has 0 radical (unpaired) electrons. The predicted octanol–water partition coefficient (Wildman–Crippen LogP) is 4.49. The van der Waals surface area contributed by atoms with E-state index >= 15 is 0 Å². The highest BCUT2D eigenvalue weighted by molar-refractivity contribution is 6.42. The predicted molar refractivity (Wildman–Crippen MR) is 88.5 cm³/mol. The molecule has 1 fully saturated rings. The lowest BCUT2D eigenvalue weighted by atomic mass is 10.1. The van der Waals surface area contributed by atoms with Crippen LogP contribution in [0.5, 0.6) is 0 Å². The van der Waals surface area contributed by atoms with E-state index in [9.17, 15) is 4.79 Å². The molecule has 1 aliphatic rings. The number of halogens is 2. The maximum atomic E-state index is 12.2. The van der Waals surface area contributed by atoms with Crippen LogP contribution in [0.2, 0.25) is 10.0 Å². The van der Waals surface area contributed by atoms with Crippen LogP contribution in [0.3, 0.4) is 0 Å². The summed E-state index contributed by atoms with van der Waals surface area (Å²) < 4.78 is 1.93. The summed E-state index contributed by atoms with van der Waals surface area (Å²) in [5, 5.41) is 8.23. The van der Waals surface area contributed by atoms with Gasteiger partial charge in [0.15, 0.2) is 0 Å². The monoisotopic (exact) mass is 337 g/mol. The van der Waals surface area contributed by atoms with E-state index < -0.39 is 0 Å². The van der Waals surface area contributed by atoms with Crippen LogP contribution in [-0.4, -0.2) is 15.7 Å². The normalized spacial score (nSPS) is 15.2. The van der Waals surface area contributed by atoms with Gasteiger partial charge < -0.3 is 5.32 Å². The molecule has 3 rings (SSSR count). The zero-order valence-corrected chi connectivity index (χ0v) is 13.6. The average molecular weight is 338 g/mol. The minimum atomic E-state index is -0.0851. The third-order valence-corrected chi connectivity index (χ3v) is 4.70. The van der Waals surface area contributed by atoms with E-state index in [2.05, 4.69) is 10.4 Å². The number of benzene rings is 1. The van der Waals surface area contributed by atoms with Gasteiger partial charge in [0.05, 0.1) is 28.7 Å². The van der Waals surface area contributed by atoms with Crippen molar-refractivity contribution >= 4 is 34.9 Å². The van der Waals surface area contributed by atoms with Crippen LogP contribution < -0.4 is 5.32 Å². The molecule has 0 atom stereocenters. The van der Waals surface area contributed by atoms with Gasteiger partial charge in [-0.1, -0.05) is 42.1 Å². The Kier molecular flexibility index (Phi) is 4.69. The highest BCUT2D eigenvalue weighted by Crippen LogP contribution is 2.31. The van der Waals surface area contributed by atoms with Crippen molar-refractivity contribution in [1.29, 1.82) is 0 Å². The second-order valence-corrected chi connectivity index (χ2v) is 6.39. The zero-order valence-electron chi connectivity index (χ0n) is 12.1. The van der Waals surface area contributed by atoms with Gasteiger partial charge in [-0.15, -0.1) is 0 Å². The fraction of sp³-hybridized carbons (Fsp3) is 0.375. The zero-order chi connectivity index (χ0) is 15.5. The lowest BCUT2D eigenvalue weighted by Gasteiger charge is -2.14. The maximum Gasteiger partial charge on any atom is 0.229 e. The highest BCUT2D eigenvalue weighted by Gasteiger charge is 2.20. The Labute approximate surface area is 139 Å². The molecule has 6 heteroatoms. The molecule has 1 aromatic heterocycles. The summed E-state index contributed by atoms with van der Waals surface area (Å²) in [7, 11) is 0. The van der Waals surface area contributed by atoms with Crippen LogP contribution in [0.1, 0.15) is 37.3 Å². The molecule has 22 heavy (non-hydrogen) atoms. The van der Waals surface area contributed by atoms with Crippen LogP contribution in [0.25, 0.3) is 0 Å². The molecule has 0 aliphatic heterocycles. The summed E-state index contributed by atoms with van der Waals surface area (Å²) in [4.78, 5) is 12.2. The highest BCUT2D eigenvalue weighted by atomic mass is 35.5. The summed E-state index contributed by atoms with van der Waals surface area (Å²) in [6.07, 6.45) is 6.68. The molecular formula is C16H17Cl2N3O. The third-order valence-electron chi connectivity index (χ3n) is 3.96. The molecule has 1 saturated carbocycles. The van der Waals surface area contributed by atoms with Crippen LogP contribution in [0.4, 0.5) is 5.82 Å². The molecule has 1 heterocycles. The number of carbonyl (C=O) groups is 1. The number of nitrogens with zero attached hydrogens (tertiary/aromatic N) is 2. The number of hydrogen-bond donors (Lipinski definition) is 1. The molecule has 2 aromatic rings. The number of rotatable bonds is 4. The number of nitrogens with one attached hydrogen (secondary N) is 1. The van der Waals surface area contributed by atoms with Crippen molar-refractivity contribution in [2.45, 2.75) is 38.1 Å². The first kappa shape index (κ1) is 15.4. The first-order chi connectivity index (χ1) is 10.6. The van der Waals surface area contributed by atoms with Crippen molar-refractivity contribution < 1.29 is 4.79 Å². The summed E-state index contributed by atoms with van der Waals surface area (Å²) >= 11 is 11.9. The van der Waals surface area contributed by atoms with Gasteiger partial charge in [-0.3, -0.25) is 4.79 Å². The Balaban J connectivity index is 1.67. The second-order valence-electron chi connectivity index (χ2n) is 5.57. The molecule has 1 aromatic carbocycles. The quantitative estimate of drug-likeness (QED) is 0.893. The number of aromatic nitrogens is 2. The molecule has 116 valence electrons. The molecule has 1 N–H and O–H groups in total. The van der Waals surface area contributed by atoms with Gasteiger partial charge in [0, 0.05) is 6.07 Å². The van der Waals surface area contributed by atoms with Crippen LogP contribution in [0, 0.1) is 0 Å². The van der Waals surface area contributed by atoms with Crippen LogP contribution >= 0.6 is 23.2 Å². The van der Waals surface area contributed by atoms with E-state index in [4.69, 9.17) is 23.2 Å². The Morgan fingerprint density at radius 3 is 2.73 bits per heavy atom. The average Bonchev–Trinajstić information content (AvgIpc) is 3.13. The molecule has 0 bridgehead atoms. The smallest absolute Gasteiger partial charge is 0.229 e. The summed E-state index contributed by atoms with van der Waals surface area (Å²) in [5.74, 6) is 0.676. The first-order valence-electron chi connectivity index (χ1n) is 7.41. The maximum absolute atomic E-state index is 12.2. The van der Waals surface area contributed by atoms with Crippen molar-refractivity contribution in [2.24, 2.45) is 0 Å². The summed E-state index contributed by atoms with van der Waals surface area (Å²) in [6, 6.07) is 7.47. The van der Waals surface area contributed by atoms with E-state index in [1.54, 1.807) is 18.3 Å². The van der Waals surface area contributed by atoms with Gasteiger partial charge >= 0.3 is 0 Å². The van der Waals surface area contributed by atoms with E-state index in [1.165, 1.54) is 12.8 Å². The molecule has 0 spiro atoms. The fourth-order valence-corrected chi connectivity index (χ4v) is 3.20.